The molecule has 0 fully saturated rings. The molecule has 0 bridgehead atoms. The van der Waals surface area contributed by atoms with Crippen LogP contribution in [0, 0.1) is 0 Å². The molecule has 2 N–H and O–H groups in total. The zero-order valence-electron chi connectivity index (χ0n) is 8.16. The molecule has 0 amide bonds. The van der Waals surface area contributed by atoms with Crippen molar-refractivity contribution in [3.05, 3.63) is 30.7 Å². The molecule has 0 saturated carbocycles. The van der Waals surface area contributed by atoms with Crippen LogP contribution < -0.4 is 5.73 Å². The fourth-order valence-electron chi connectivity index (χ4n) is 1.47. The first-order chi connectivity index (χ1) is 7.83. The third-order valence-electron chi connectivity index (χ3n) is 2.19. The molecule has 3 rings (SSSR count). The van der Waals surface area contributed by atoms with E-state index in [-0.39, 0.29) is 0 Å². The van der Waals surface area contributed by atoms with Gasteiger partial charge in [-0.1, -0.05) is 11.3 Å². The first-order valence-electron chi connectivity index (χ1n) is 4.62. The maximum Gasteiger partial charge on any atom is 0.203 e. The highest BCUT2D eigenvalue weighted by Gasteiger charge is 2.05. The van der Waals surface area contributed by atoms with E-state index < -0.39 is 0 Å². The molecule has 0 radical (unpaired) electrons. The summed E-state index contributed by atoms with van der Waals surface area (Å²) in [5, 5.41) is 10.0. The SMILES string of the molecule is Nc1nnc(-c2ccc3ncncc3c2)s1. The van der Waals surface area contributed by atoms with Crippen molar-refractivity contribution in [2.75, 3.05) is 5.73 Å². The summed E-state index contributed by atoms with van der Waals surface area (Å²) in [5.74, 6) is 0. The van der Waals surface area contributed by atoms with Gasteiger partial charge in [0.25, 0.3) is 0 Å². The van der Waals surface area contributed by atoms with Gasteiger partial charge in [0.1, 0.15) is 11.3 Å². The van der Waals surface area contributed by atoms with Crippen LogP contribution in [0.15, 0.2) is 30.7 Å². The molecule has 5 nitrogen and oxygen atoms in total. The summed E-state index contributed by atoms with van der Waals surface area (Å²) < 4.78 is 0. The number of hydrogen-bond acceptors (Lipinski definition) is 6. The molecule has 3 aromatic rings. The second-order valence-corrected chi connectivity index (χ2v) is 4.25. The Kier molecular flexibility index (Phi) is 2.00. The smallest absolute Gasteiger partial charge is 0.203 e. The largest absolute Gasteiger partial charge is 0.374 e. The summed E-state index contributed by atoms with van der Waals surface area (Å²) >= 11 is 1.36. The maximum absolute atomic E-state index is 5.55. The van der Waals surface area contributed by atoms with Gasteiger partial charge in [0.05, 0.1) is 5.52 Å². The summed E-state index contributed by atoms with van der Waals surface area (Å²) in [6.07, 6.45) is 3.31. The summed E-state index contributed by atoms with van der Waals surface area (Å²) in [6, 6.07) is 5.87. The number of fused-ring (bicyclic) bond motifs is 1. The molecular weight excluding hydrogens is 222 g/mol. The Hall–Kier alpha value is -2.08. The number of nitrogens with two attached hydrogens (primary N) is 1. The zero-order valence-corrected chi connectivity index (χ0v) is 8.98. The van der Waals surface area contributed by atoms with Crippen LogP contribution in [0.2, 0.25) is 0 Å². The van der Waals surface area contributed by atoms with Crippen LogP contribution in [0.5, 0.6) is 0 Å². The quantitative estimate of drug-likeness (QED) is 0.687. The Morgan fingerprint density at radius 3 is 2.94 bits per heavy atom. The van der Waals surface area contributed by atoms with E-state index in [2.05, 4.69) is 20.2 Å². The molecule has 2 heterocycles. The van der Waals surface area contributed by atoms with Gasteiger partial charge in [-0.05, 0) is 18.2 Å². The second-order valence-electron chi connectivity index (χ2n) is 3.24. The molecule has 2 aromatic heterocycles. The summed E-state index contributed by atoms with van der Waals surface area (Å²) in [6.45, 7) is 0. The number of aromatic nitrogens is 4. The molecule has 0 aliphatic heterocycles. The Morgan fingerprint density at radius 1 is 1.19 bits per heavy atom. The van der Waals surface area contributed by atoms with Crippen LogP contribution in [0.1, 0.15) is 0 Å². The highest BCUT2D eigenvalue weighted by molar-refractivity contribution is 7.18. The molecule has 0 saturated heterocycles. The first-order valence-corrected chi connectivity index (χ1v) is 5.44. The van der Waals surface area contributed by atoms with Gasteiger partial charge in [0.2, 0.25) is 5.13 Å². The highest BCUT2D eigenvalue weighted by atomic mass is 32.1. The highest BCUT2D eigenvalue weighted by Crippen LogP contribution is 2.26. The Labute approximate surface area is 95.0 Å². The van der Waals surface area contributed by atoms with Gasteiger partial charge in [-0.2, -0.15) is 0 Å². The maximum atomic E-state index is 5.55. The van der Waals surface area contributed by atoms with E-state index in [1.54, 1.807) is 6.20 Å². The van der Waals surface area contributed by atoms with Crippen LogP contribution in [0.3, 0.4) is 0 Å². The van der Waals surface area contributed by atoms with Crippen molar-refractivity contribution < 1.29 is 0 Å². The lowest BCUT2D eigenvalue weighted by Gasteiger charge is -1.98. The van der Waals surface area contributed by atoms with Crippen molar-refractivity contribution >= 4 is 27.4 Å². The van der Waals surface area contributed by atoms with E-state index in [4.69, 9.17) is 5.73 Å². The average Bonchev–Trinajstić information content (AvgIpc) is 2.75. The van der Waals surface area contributed by atoms with Crippen LogP contribution in [0.25, 0.3) is 21.5 Å². The van der Waals surface area contributed by atoms with Crippen LogP contribution >= 0.6 is 11.3 Å². The Morgan fingerprint density at radius 2 is 2.12 bits per heavy atom. The van der Waals surface area contributed by atoms with Crippen molar-refractivity contribution in [1.82, 2.24) is 20.2 Å². The monoisotopic (exact) mass is 229 g/mol. The molecule has 0 atom stereocenters. The van der Waals surface area contributed by atoms with Gasteiger partial charge >= 0.3 is 0 Å². The first kappa shape index (κ1) is 9.17. The van der Waals surface area contributed by atoms with Crippen molar-refractivity contribution in [3.8, 4) is 10.6 Å². The lowest BCUT2D eigenvalue weighted by Crippen LogP contribution is -1.82. The third kappa shape index (κ3) is 1.49. The molecular formula is C10H7N5S. The van der Waals surface area contributed by atoms with E-state index in [0.717, 1.165) is 21.5 Å². The average molecular weight is 229 g/mol. The van der Waals surface area contributed by atoms with Gasteiger partial charge in [-0.3, -0.25) is 0 Å². The fourth-order valence-corrected chi connectivity index (χ4v) is 2.08. The Balaban J connectivity index is 2.18. The number of anilines is 1. The lowest BCUT2D eigenvalue weighted by atomic mass is 10.1. The number of hydrogen-bond donors (Lipinski definition) is 1. The topological polar surface area (TPSA) is 77.6 Å². The Bertz CT molecular complexity index is 648. The normalized spacial score (nSPS) is 10.8. The van der Waals surface area contributed by atoms with Gasteiger partial charge in [0, 0.05) is 17.1 Å². The lowest BCUT2D eigenvalue weighted by molar-refractivity contribution is 1.10. The molecule has 0 aliphatic carbocycles. The number of nitrogen functional groups attached to an aromatic ring is 1. The predicted molar refractivity (Wildman–Crippen MR) is 62.9 cm³/mol. The molecule has 16 heavy (non-hydrogen) atoms. The summed E-state index contributed by atoms with van der Waals surface area (Å²) in [5.41, 5.74) is 7.44. The van der Waals surface area contributed by atoms with Crippen molar-refractivity contribution in [2.45, 2.75) is 0 Å². The van der Waals surface area contributed by atoms with Crippen molar-refractivity contribution in [2.24, 2.45) is 0 Å². The predicted octanol–water partition coefficient (Wildman–Crippen LogP) is 1.73. The molecule has 1 aromatic carbocycles. The van der Waals surface area contributed by atoms with Gasteiger partial charge in [0.15, 0.2) is 0 Å². The number of benzene rings is 1. The van der Waals surface area contributed by atoms with E-state index in [9.17, 15) is 0 Å². The minimum Gasteiger partial charge on any atom is -0.374 e. The van der Waals surface area contributed by atoms with E-state index >= 15 is 0 Å². The standard InChI is InChI=1S/C10H7N5S/c11-10-15-14-9(16-10)6-1-2-8-7(3-6)4-12-5-13-8/h1-5H,(H2,11,15). The summed E-state index contributed by atoms with van der Waals surface area (Å²) in [7, 11) is 0. The molecule has 0 aliphatic rings. The van der Waals surface area contributed by atoms with Crippen LogP contribution in [-0.4, -0.2) is 20.2 Å². The van der Waals surface area contributed by atoms with Gasteiger partial charge < -0.3 is 5.73 Å². The number of nitrogens with zero attached hydrogens (tertiary/aromatic N) is 4. The summed E-state index contributed by atoms with van der Waals surface area (Å²) in [4.78, 5) is 8.14. The van der Waals surface area contributed by atoms with Crippen LogP contribution in [-0.2, 0) is 0 Å². The van der Waals surface area contributed by atoms with Gasteiger partial charge in [-0.25, -0.2) is 9.97 Å². The fraction of sp³-hybridized carbons (Fsp3) is 0. The zero-order chi connectivity index (χ0) is 11.0. The second kappa shape index (κ2) is 3.49. The van der Waals surface area contributed by atoms with Gasteiger partial charge in [-0.15, -0.1) is 10.2 Å². The van der Waals surface area contributed by atoms with E-state index in [1.165, 1.54) is 17.7 Å². The molecule has 6 heteroatoms. The molecule has 78 valence electrons. The minimum absolute atomic E-state index is 0.472. The van der Waals surface area contributed by atoms with E-state index in [1.807, 2.05) is 18.2 Å². The van der Waals surface area contributed by atoms with Crippen molar-refractivity contribution in [3.63, 3.8) is 0 Å². The minimum atomic E-state index is 0.472. The molecule has 0 unspecified atom stereocenters. The van der Waals surface area contributed by atoms with Crippen LogP contribution in [0.4, 0.5) is 5.13 Å². The van der Waals surface area contributed by atoms with Crippen molar-refractivity contribution in [1.29, 1.82) is 0 Å². The van der Waals surface area contributed by atoms with E-state index in [0.29, 0.717) is 5.13 Å². The third-order valence-corrected chi connectivity index (χ3v) is 2.99. The number of rotatable bonds is 1. The molecule has 0 spiro atoms.